The highest BCUT2D eigenvalue weighted by Crippen LogP contribution is 2.18. The summed E-state index contributed by atoms with van der Waals surface area (Å²) in [6.45, 7) is 0.824. The number of hydrogen-bond acceptors (Lipinski definition) is 3. The lowest BCUT2D eigenvalue weighted by Gasteiger charge is -2.09. The normalized spacial score (nSPS) is 16.5. The number of rotatable bonds is 4. The van der Waals surface area contributed by atoms with Gasteiger partial charge in [0.25, 0.3) is 0 Å². The average molecular weight is 245 g/mol. The van der Waals surface area contributed by atoms with E-state index >= 15 is 0 Å². The first-order valence-corrected chi connectivity index (χ1v) is 6.57. The molecular weight excluding hydrogens is 226 g/mol. The van der Waals surface area contributed by atoms with Crippen LogP contribution in [-0.4, -0.2) is 25.8 Å². The van der Waals surface area contributed by atoms with Crippen molar-refractivity contribution in [1.29, 1.82) is 0 Å². The van der Waals surface area contributed by atoms with Crippen LogP contribution in [0.3, 0.4) is 0 Å². The van der Waals surface area contributed by atoms with E-state index in [4.69, 9.17) is 0 Å². The third kappa shape index (κ3) is 2.46. The van der Waals surface area contributed by atoms with Gasteiger partial charge in [0, 0.05) is 24.8 Å². The van der Waals surface area contributed by atoms with Crippen LogP contribution in [0.15, 0.2) is 18.6 Å². The first-order chi connectivity index (χ1) is 8.81. The SMILES string of the molecule is Cn1cc(-c2cnc(CNC3CCCC3)[nH]2)cn1. The van der Waals surface area contributed by atoms with Gasteiger partial charge in [0.05, 0.1) is 24.6 Å². The van der Waals surface area contributed by atoms with E-state index in [1.807, 2.05) is 25.6 Å². The topological polar surface area (TPSA) is 58.5 Å². The Morgan fingerprint density at radius 1 is 1.39 bits per heavy atom. The van der Waals surface area contributed by atoms with Crippen LogP contribution in [0, 0.1) is 0 Å². The summed E-state index contributed by atoms with van der Waals surface area (Å²) in [6, 6.07) is 0.678. The number of H-pyrrole nitrogens is 1. The third-order valence-corrected chi connectivity index (χ3v) is 3.56. The summed E-state index contributed by atoms with van der Waals surface area (Å²) < 4.78 is 1.80. The first-order valence-electron chi connectivity index (χ1n) is 6.57. The fraction of sp³-hybridized carbons (Fsp3) is 0.538. The van der Waals surface area contributed by atoms with Crippen molar-refractivity contribution in [3.8, 4) is 11.3 Å². The van der Waals surface area contributed by atoms with Gasteiger partial charge in [-0.15, -0.1) is 0 Å². The maximum atomic E-state index is 4.41. The van der Waals surface area contributed by atoms with E-state index in [0.717, 1.165) is 23.6 Å². The van der Waals surface area contributed by atoms with Crippen LogP contribution in [0.5, 0.6) is 0 Å². The van der Waals surface area contributed by atoms with Crippen LogP contribution >= 0.6 is 0 Å². The average Bonchev–Trinajstić information content (AvgIpc) is 3.07. The van der Waals surface area contributed by atoms with Crippen molar-refractivity contribution in [2.75, 3.05) is 0 Å². The minimum absolute atomic E-state index is 0.678. The highest BCUT2D eigenvalue weighted by Gasteiger charge is 2.14. The quantitative estimate of drug-likeness (QED) is 0.864. The second kappa shape index (κ2) is 4.94. The Hall–Kier alpha value is -1.62. The van der Waals surface area contributed by atoms with Crippen LogP contribution < -0.4 is 5.32 Å². The molecule has 96 valence electrons. The summed E-state index contributed by atoms with van der Waals surface area (Å²) in [5.74, 6) is 1.00. The van der Waals surface area contributed by atoms with Crippen molar-refractivity contribution in [3.05, 3.63) is 24.4 Å². The molecule has 2 N–H and O–H groups in total. The lowest BCUT2D eigenvalue weighted by atomic mass is 10.2. The van der Waals surface area contributed by atoms with Crippen molar-refractivity contribution < 1.29 is 0 Å². The molecule has 0 saturated heterocycles. The molecule has 0 unspecified atom stereocenters. The Morgan fingerprint density at radius 3 is 2.94 bits per heavy atom. The third-order valence-electron chi connectivity index (χ3n) is 3.56. The molecule has 0 aromatic carbocycles. The Kier molecular flexibility index (Phi) is 3.15. The lowest BCUT2D eigenvalue weighted by molar-refractivity contribution is 0.515. The molecule has 1 saturated carbocycles. The number of imidazole rings is 1. The predicted octanol–water partition coefficient (Wildman–Crippen LogP) is 1.84. The second-order valence-electron chi connectivity index (χ2n) is 5.01. The van der Waals surface area contributed by atoms with Crippen LogP contribution in [0.25, 0.3) is 11.3 Å². The van der Waals surface area contributed by atoms with Crippen LogP contribution in [0.1, 0.15) is 31.5 Å². The predicted molar refractivity (Wildman–Crippen MR) is 69.9 cm³/mol. The van der Waals surface area contributed by atoms with Gasteiger partial charge in [-0.25, -0.2) is 4.98 Å². The van der Waals surface area contributed by atoms with Gasteiger partial charge in [0.2, 0.25) is 0 Å². The molecule has 18 heavy (non-hydrogen) atoms. The smallest absolute Gasteiger partial charge is 0.120 e. The van der Waals surface area contributed by atoms with Gasteiger partial charge in [-0.05, 0) is 12.8 Å². The molecule has 1 aliphatic carbocycles. The maximum Gasteiger partial charge on any atom is 0.120 e. The number of aromatic nitrogens is 4. The second-order valence-corrected chi connectivity index (χ2v) is 5.01. The van der Waals surface area contributed by atoms with Gasteiger partial charge in [0.15, 0.2) is 0 Å². The molecule has 2 aromatic heterocycles. The monoisotopic (exact) mass is 245 g/mol. The molecule has 3 rings (SSSR count). The Bertz CT molecular complexity index is 507. The largest absolute Gasteiger partial charge is 0.341 e. The van der Waals surface area contributed by atoms with E-state index in [9.17, 15) is 0 Å². The number of nitrogens with one attached hydrogen (secondary N) is 2. The zero-order chi connectivity index (χ0) is 12.4. The van der Waals surface area contributed by atoms with Gasteiger partial charge in [-0.1, -0.05) is 12.8 Å². The molecule has 5 heteroatoms. The van der Waals surface area contributed by atoms with Gasteiger partial charge in [-0.3, -0.25) is 4.68 Å². The number of aryl methyl sites for hydroxylation is 1. The van der Waals surface area contributed by atoms with E-state index in [1.54, 1.807) is 4.68 Å². The highest BCUT2D eigenvalue weighted by molar-refractivity contribution is 5.55. The standard InChI is InChI=1S/C13H19N5/c1-18-9-10(6-16-18)12-7-15-13(17-12)8-14-11-4-2-3-5-11/h6-7,9,11,14H,2-5,8H2,1H3,(H,15,17). The molecule has 5 nitrogen and oxygen atoms in total. The number of hydrogen-bond donors (Lipinski definition) is 2. The fourth-order valence-corrected chi connectivity index (χ4v) is 2.53. The summed E-state index contributed by atoms with van der Waals surface area (Å²) in [4.78, 5) is 7.75. The van der Waals surface area contributed by atoms with Gasteiger partial charge in [-0.2, -0.15) is 5.10 Å². The summed E-state index contributed by atoms with van der Waals surface area (Å²) in [6.07, 6.45) is 11.0. The van der Waals surface area contributed by atoms with E-state index < -0.39 is 0 Å². The lowest BCUT2D eigenvalue weighted by Crippen LogP contribution is -2.25. The van der Waals surface area contributed by atoms with Crippen molar-refractivity contribution in [3.63, 3.8) is 0 Å². The first kappa shape index (κ1) is 11.5. The molecule has 1 fully saturated rings. The van der Waals surface area contributed by atoms with E-state index in [0.29, 0.717) is 6.04 Å². The number of nitrogens with zero attached hydrogens (tertiary/aromatic N) is 3. The summed E-state index contributed by atoms with van der Waals surface area (Å²) in [5, 5.41) is 7.72. The molecule has 0 atom stereocenters. The van der Waals surface area contributed by atoms with Crippen molar-refractivity contribution in [2.24, 2.45) is 7.05 Å². The maximum absolute atomic E-state index is 4.41. The zero-order valence-electron chi connectivity index (χ0n) is 10.7. The molecule has 0 amide bonds. The fourth-order valence-electron chi connectivity index (χ4n) is 2.53. The molecule has 0 spiro atoms. The van der Waals surface area contributed by atoms with Crippen LogP contribution in [0.4, 0.5) is 0 Å². The van der Waals surface area contributed by atoms with Crippen molar-refractivity contribution in [1.82, 2.24) is 25.1 Å². The Labute approximate surface area is 107 Å². The summed E-state index contributed by atoms with van der Waals surface area (Å²) >= 11 is 0. The van der Waals surface area contributed by atoms with Crippen LogP contribution in [-0.2, 0) is 13.6 Å². The Morgan fingerprint density at radius 2 is 2.22 bits per heavy atom. The molecular formula is C13H19N5. The van der Waals surface area contributed by atoms with Gasteiger partial charge >= 0.3 is 0 Å². The zero-order valence-corrected chi connectivity index (χ0v) is 10.7. The number of aromatic amines is 1. The Balaban J connectivity index is 1.62. The van der Waals surface area contributed by atoms with E-state index in [2.05, 4.69) is 20.4 Å². The molecule has 2 aromatic rings. The minimum Gasteiger partial charge on any atom is -0.341 e. The highest BCUT2D eigenvalue weighted by atomic mass is 15.2. The van der Waals surface area contributed by atoms with E-state index in [1.165, 1.54) is 25.7 Å². The van der Waals surface area contributed by atoms with E-state index in [-0.39, 0.29) is 0 Å². The molecule has 2 heterocycles. The van der Waals surface area contributed by atoms with Gasteiger partial charge in [0.1, 0.15) is 5.82 Å². The van der Waals surface area contributed by atoms with Crippen molar-refractivity contribution >= 4 is 0 Å². The van der Waals surface area contributed by atoms with Crippen molar-refractivity contribution in [2.45, 2.75) is 38.3 Å². The molecule has 1 aliphatic rings. The van der Waals surface area contributed by atoms with Gasteiger partial charge < -0.3 is 10.3 Å². The summed E-state index contributed by atoms with van der Waals surface area (Å²) in [7, 11) is 1.92. The minimum atomic E-state index is 0.678. The summed E-state index contributed by atoms with van der Waals surface area (Å²) in [5.41, 5.74) is 2.11. The molecule has 0 radical (unpaired) electrons. The molecule has 0 bridgehead atoms. The van der Waals surface area contributed by atoms with Crippen LogP contribution in [0.2, 0.25) is 0 Å². The molecule has 0 aliphatic heterocycles.